The lowest BCUT2D eigenvalue weighted by molar-refractivity contribution is 0.455. The maximum absolute atomic E-state index is 6.00. The summed E-state index contributed by atoms with van der Waals surface area (Å²) in [6.07, 6.45) is 1.74. The molecule has 0 saturated carbocycles. The van der Waals surface area contributed by atoms with Crippen molar-refractivity contribution in [3.8, 4) is 11.6 Å². The highest BCUT2D eigenvalue weighted by molar-refractivity contribution is 6.30. The molecule has 1 heterocycles. The van der Waals surface area contributed by atoms with Crippen LogP contribution in [-0.4, -0.2) is 4.98 Å². The molecule has 2 rings (SSSR count). The summed E-state index contributed by atoms with van der Waals surface area (Å²) in [5.41, 5.74) is 8.75. The van der Waals surface area contributed by atoms with Crippen molar-refractivity contribution in [3.63, 3.8) is 0 Å². The molecule has 0 radical (unpaired) electrons. The van der Waals surface area contributed by atoms with Gasteiger partial charge in [0, 0.05) is 23.3 Å². The van der Waals surface area contributed by atoms with E-state index in [1.54, 1.807) is 6.20 Å². The predicted octanol–water partition coefficient (Wildman–Crippen LogP) is 4.16. The molecule has 0 amide bonds. The van der Waals surface area contributed by atoms with Crippen molar-refractivity contribution in [1.82, 2.24) is 4.98 Å². The molecule has 2 aromatic rings. The number of halogens is 1. The van der Waals surface area contributed by atoms with Gasteiger partial charge in [0.1, 0.15) is 5.75 Å². The van der Waals surface area contributed by atoms with Crippen LogP contribution in [0.5, 0.6) is 11.6 Å². The van der Waals surface area contributed by atoms with Crippen LogP contribution in [0.15, 0.2) is 30.5 Å². The van der Waals surface area contributed by atoms with Gasteiger partial charge in [-0.25, -0.2) is 4.98 Å². The molecular formula is C15H17ClN2O. The maximum Gasteiger partial charge on any atom is 0.219 e. The van der Waals surface area contributed by atoms with Crippen molar-refractivity contribution in [2.45, 2.75) is 26.8 Å². The summed E-state index contributed by atoms with van der Waals surface area (Å²) in [6.45, 7) is 5.85. The third kappa shape index (κ3) is 3.25. The smallest absolute Gasteiger partial charge is 0.219 e. The van der Waals surface area contributed by atoms with Crippen molar-refractivity contribution in [1.29, 1.82) is 0 Å². The topological polar surface area (TPSA) is 48.1 Å². The Morgan fingerprint density at radius 2 is 1.84 bits per heavy atom. The minimum atomic E-state index is -0.0273. The molecule has 0 fully saturated rings. The van der Waals surface area contributed by atoms with E-state index < -0.39 is 0 Å². The summed E-state index contributed by atoms with van der Waals surface area (Å²) in [5.74, 6) is 1.35. The summed E-state index contributed by atoms with van der Waals surface area (Å²) in [5, 5.41) is 0.711. The first kappa shape index (κ1) is 13.8. The van der Waals surface area contributed by atoms with Crippen LogP contribution >= 0.6 is 11.6 Å². The zero-order valence-corrected chi connectivity index (χ0v) is 12.0. The molecule has 1 aromatic heterocycles. The quantitative estimate of drug-likeness (QED) is 0.915. The zero-order chi connectivity index (χ0) is 14.0. The highest BCUT2D eigenvalue weighted by Gasteiger charge is 2.08. The van der Waals surface area contributed by atoms with E-state index in [-0.39, 0.29) is 6.04 Å². The second-order valence-electron chi connectivity index (χ2n) is 4.69. The number of nitrogens with two attached hydrogens (primary N) is 1. The highest BCUT2D eigenvalue weighted by atomic mass is 35.5. The fraction of sp³-hybridized carbons (Fsp3) is 0.267. The normalized spacial score (nSPS) is 12.3. The number of aryl methyl sites for hydroxylation is 2. The van der Waals surface area contributed by atoms with Gasteiger partial charge in [-0.15, -0.1) is 0 Å². The van der Waals surface area contributed by atoms with Crippen LogP contribution in [-0.2, 0) is 0 Å². The molecule has 0 bridgehead atoms. The van der Waals surface area contributed by atoms with E-state index in [1.165, 1.54) is 0 Å². The monoisotopic (exact) mass is 276 g/mol. The first-order valence-corrected chi connectivity index (χ1v) is 6.51. The summed E-state index contributed by atoms with van der Waals surface area (Å²) in [7, 11) is 0. The van der Waals surface area contributed by atoms with Crippen molar-refractivity contribution in [2.24, 2.45) is 5.73 Å². The Bertz CT molecular complexity index is 556. The lowest BCUT2D eigenvalue weighted by Crippen LogP contribution is -2.05. The first-order chi connectivity index (χ1) is 8.97. The van der Waals surface area contributed by atoms with Gasteiger partial charge in [0.25, 0.3) is 0 Å². The van der Waals surface area contributed by atoms with Crippen molar-refractivity contribution in [3.05, 3.63) is 52.2 Å². The number of hydrogen-bond acceptors (Lipinski definition) is 3. The standard InChI is InChI=1S/C15H17ClN2O/c1-9-6-13(16)7-10(2)15(9)19-14-5-4-12(8-18-14)11(3)17/h4-8,11H,17H2,1-3H3/t11-/m1/s1. The molecule has 3 nitrogen and oxygen atoms in total. The second kappa shape index (κ2) is 5.59. The average Bonchev–Trinajstić information content (AvgIpc) is 2.34. The van der Waals surface area contributed by atoms with Gasteiger partial charge < -0.3 is 10.5 Å². The summed E-state index contributed by atoms with van der Waals surface area (Å²) in [4.78, 5) is 4.26. The van der Waals surface area contributed by atoms with Gasteiger partial charge in [0.15, 0.2) is 0 Å². The van der Waals surface area contributed by atoms with Crippen LogP contribution < -0.4 is 10.5 Å². The molecule has 19 heavy (non-hydrogen) atoms. The molecule has 0 aliphatic rings. The lowest BCUT2D eigenvalue weighted by Gasteiger charge is -2.12. The van der Waals surface area contributed by atoms with E-state index in [0.29, 0.717) is 10.9 Å². The number of rotatable bonds is 3. The number of hydrogen-bond donors (Lipinski definition) is 1. The van der Waals surface area contributed by atoms with Crippen LogP contribution in [0.4, 0.5) is 0 Å². The van der Waals surface area contributed by atoms with Crippen molar-refractivity contribution >= 4 is 11.6 Å². The van der Waals surface area contributed by atoms with Gasteiger partial charge in [-0.2, -0.15) is 0 Å². The van der Waals surface area contributed by atoms with E-state index in [1.807, 2.05) is 45.0 Å². The van der Waals surface area contributed by atoms with E-state index in [4.69, 9.17) is 22.1 Å². The summed E-state index contributed by atoms with van der Waals surface area (Å²) in [6, 6.07) is 7.47. The first-order valence-electron chi connectivity index (χ1n) is 6.13. The van der Waals surface area contributed by atoms with Gasteiger partial charge >= 0.3 is 0 Å². The third-order valence-electron chi connectivity index (χ3n) is 2.92. The molecule has 2 N–H and O–H groups in total. The van der Waals surface area contributed by atoms with E-state index >= 15 is 0 Å². The van der Waals surface area contributed by atoms with Crippen molar-refractivity contribution in [2.75, 3.05) is 0 Å². The second-order valence-corrected chi connectivity index (χ2v) is 5.13. The van der Waals surface area contributed by atoms with Gasteiger partial charge in [-0.1, -0.05) is 17.7 Å². The Balaban J connectivity index is 2.26. The number of pyridine rings is 1. The molecule has 1 atom stereocenters. The molecular weight excluding hydrogens is 260 g/mol. The van der Waals surface area contributed by atoms with Gasteiger partial charge in [-0.3, -0.25) is 0 Å². The van der Waals surface area contributed by atoms with Crippen LogP contribution in [0.3, 0.4) is 0 Å². The Labute approximate surface area is 118 Å². The van der Waals surface area contributed by atoms with Crippen molar-refractivity contribution < 1.29 is 4.74 Å². The molecule has 0 saturated heterocycles. The molecule has 4 heteroatoms. The fourth-order valence-corrected chi connectivity index (χ4v) is 2.21. The maximum atomic E-state index is 6.00. The number of aromatic nitrogens is 1. The lowest BCUT2D eigenvalue weighted by atomic mass is 10.1. The molecule has 0 aliphatic carbocycles. The SMILES string of the molecule is Cc1cc(Cl)cc(C)c1Oc1ccc([C@@H](C)N)cn1. The van der Waals surface area contributed by atoms with Crippen LogP contribution in [0.25, 0.3) is 0 Å². The highest BCUT2D eigenvalue weighted by Crippen LogP contribution is 2.30. The Morgan fingerprint density at radius 1 is 1.21 bits per heavy atom. The van der Waals surface area contributed by atoms with Crippen LogP contribution in [0.1, 0.15) is 29.7 Å². The Hall–Kier alpha value is -1.58. The van der Waals surface area contributed by atoms with Gasteiger partial charge in [-0.05, 0) is 49.6 Å². The Morgan fingerprint density at radius 3 is 2.32 bits per heavy atom. The third-order valence-corrected chi connectivity index (χ3v) is 3.13. The predicted molar refractivity (Wildman–Crippen MR) is 77.8 cm³/mol. The molecule has 0 aliphatic heterocycles. The van der Waals surface area contributed by atoms with E-state index in [0.717, 1.165) is 22.4 Å². The Kier molecular flexibility index (Phi) is 4.08. The molecule has 0 spiro atoms. The average molecular weight is 277 g/mol. The number of ether oxygens (including phenoxy) is 1. The number of benzene rings is 1. The molecule has 100 valence electrons. The van der Waals surface area contributed by atoms with E-state index in [2.05, 4.69) is 4.98 Å². The van der Waals surface area contributed by atoms with Gasteiger partial charge in [0.05, 0.1) is 0 Å². The fourth-order valence-electron chi connectivity index (χ4n) is 1.88. The summed E-state index contributed by atoms with van der Waals surface area (Å²) >= 11 is 6.00. The molecule has 0 unspecified atom stereocenters. The minimum absolute atomic E-state index is 0.0273. The van der Waals surface area contributed by atoms with Gasteiger partial charge in [0.2, 0.25) is 5.88 Å². The molecule has 1 aromatic carbocycles. The number of nitrogens with zero attached hydrogens (tertiary/aromatic N) is 1. The van der Waals surface area contributed by atoms with Crippen LogP contribution in [0, 0.1) is 13.8 Å². The zero-order valence-electron chi connectivity index (χ0n) is 11.3. The van der Waals surface area contributed by atoms with Crippen LogP contribution in [0.2, 0.25) is 5.02 Å². The minimum Gasteiger partial charge on any atom is -0.438 e. The summed E-state index contributed by atoms with van der Waals surface area (Å²) < 4.78 is 5.82. The largest absolute Gasteiger partial charge is 0.438 e. The van der Waals surface area contributed by atoms with E-state index in [9.17, 15) is 0 Å².